The van der Waals surface area contributed by atoms with Crippen molar-refractivity contribution in [3.63, 3.8) is 0 Å². The van der Waals surface area contributed by atoms with E-state index in [4.69, 9.17) is 10.5 Å². The second kappa shape index (κ2) is 3.59. The molecule has 76 valence electrons. The van der Waals surface area contributed by atoms with Crippen LogP contribution < -0.4 is 10.5 Å². The van der Waals surface area contributed by atoms with Crippen LogP contribution in [-0.4, -0.2) is 12.2 Å². The fourth-order valence-corrected chi connectivity index (χ4v) is 2.19. The molecule has 0 aliphatic heterocycles. The average molecular weight is 193 g/mol. The topological polar surface area (TPSA) is 55.5 Å². The molecule has 1 aliphatic carbocycles. The van der Waals surface area contributed by atoms with E-state index in [9.17, 15) is 5.11 Å². The summed E-state index contributed by atoms with van der Waals surface area (Å²) in [4.78, 5) is 0. The van der Waals surface area contributed by atoms with Crippen LogP contribution in [0.3, 0.4) is 0 Å². The summed E-state index contributed by atoms with van der Waals surface area (Å²) in [7, 11) is 1.66. The third-order valence-electron chi connectivity index (χ3n) is 2.87. The molecule has 2 rings (SSSR count). The first-order chi connectivity index (χ1) is 6.77. The van der Waals surface area contributed by atoms with Crippen LogP contribution in [-0.2, 0) is 13.0 Å². The number of hydrogen-bond acceptors (Lipinski definition) is 3. The van der Waals surface area contributed by atoms with Gasteiger partial charge in [-0.2, -0.15) is 0 Å². The molecule has 0 amide bonds. The highest BCUT2D eigenvalue weighted by molar-refractivity contribution is 5.49. The van der Waals surface area contributed by atoms with Gasteiger partial charge < -0.3 is 15.6 Å². The zero-order valence-electron chi connectivity index (χ0n) is 8.29. The molecule has 1 atom stereocenters. The van der Waals surface area contributed by atoms with Gasteiger partial charge in [-0.05, 0) is 35.6 Å². The van der Waals surface area contributed by atoms with E-state index in [0.717, 1.165) is 29.7 Å². The quantitative estimate of drug-likeness (QED) is 0.740. The molecule has 14 heavy (non-hydrogen) atoms. The summed E-state index contributed by atoms with van der Waals surface area (Å²) >= 11 is 0. The van der Waals surface area contributed by atoms with Gasteiger partial charge in [0.25, 0.3) is 0 Å². The summed E-state index contributed by atoms with van der Waals surface area (Å²) in [5, 5.41) is 9.19. The zero-order chi connectivity index (χ0) is 10.1. The van der Waals surface area contributed by atoms with Crippen molar-refractivity contribution >= 4 is 0 Å². The highest BCUT2D eigenvalue weighted by atomic mass is 16.5. The van der Waals surface area contributed by atoms with E-state index < -0.39 is 0 Å². The Labute approximate surface area is 83.5 Å². The summed E-state index contributed by atoms with van der Waals surface area (Å²) in [6.45, 7) is 0.0556. The molecule has 0 heterocycles. The van der Waals surface area contributed by atoms with Crippen molar-refractivity contribution in [3.05, 3.63) is 28.8 Å². The Hall–Kier alpha value is -1.06. The SMILES string of the molecule is COc1ccc(CO)c2c1CC[C@@H]2N. The number of aliphatic hydroxyl groups is 1. The second-order valence-electron chi connectivity index (χ2n) is 3.62. The van der Waals surface area contributed by atoms with Crippen molar-refractivity contribution in [1.82, 2.24) is 0 Å². The molecule has 1 aliphatic rings. The second-order valence-corrected chi connectivity index (χ2v) is 3.62. The molecular weight excluding hydrogens is 178 g/mol. The Morgan fingerprint density at radius 2 is 2.36 bits per heavy atom. The van der Waals surface area contributed by atoms with Gasteiger partial charge in [0, 0.05) is 6.04 Å². The molecule has 0 fully saturated rings. The number of hydrogen-bond donors (Lipinski definition) is 2. The van der Waals surface area contributed by atoms with Gasteiger partial charge in [-0.25, -0.2) is 0 Å². The van der Waals surface area contributed by atoms with Crippen molar-refractivity contribution < 1.29 is 9.84 Å². The van der Waals surface area contributed by atoms with Crippen LogP contribution in [0.15, 0.2) is 12.1 Å². The average Bonchev–Trinajstić information content (AvgIpc) is 2.60. The number of nitrogens with two attached hydrogens (primary N) is 1. The lowest BCUT2D eigenvalue weighted by Crippen LogP contribution is -2.08. The van der Waals surface area contributed by atoms with Gasteiger partial charge in [-0.3, -0.25) is 0 Å². The van der Waals surface area contributed by atoms with E-state index in [1.165, 1.54) is 5.56 Å². The van der Waals surface area contributed by atoms with Crippen LogP contribution in [0.25, 0.3) is 0 Å². The Kier molecular flexibility index (Phi) is 2.44. The minimum absolute atomic E-state index is 0.0556. The van der Waals surface area contributed by atoms with Crippen molar-refractivity contribution in [2.45, 2.75) is 25.5 Å². The number of benzene rings is 1. The number of methoxy groups -OCH3 is 1. The molecule has 0 radical (unpaired) electrons. The minimum Gasteiger partial charge on any atom is -0.496 e. The summed E-state index contributed by atoms with van der Waals surface area (Å²) in [6.07, 6.45) is 1.90. The van der Waals surface area contributed by atoms with Gasteiger partial charge in [0.15, 0.2) is 0 Å². The molecular formula is C11H15NO2. The summed E-state index contributed by atoms with van der Waals surface area (Å²) in [5.74, 6) is 0.894. The Morgan fingerprint density at radius 3 is 3.00 bits per heavy atom. The first-order valence-corrected chi connectivity index (χ1v) is 4.83. The van der Waals surface area contributed by atoms with E-state index in [-0.39, 0.29) is 12.6 Å². The van der Waals surface area contributed by atoms with Gasteiger partial charge >= 0.3 is 0 Å². The van der Waals surface area contributed by atoms with Gasteiger partial charge in [-0.1, -0.05) is 6.07 Å². The lowest BCUT2D eigenvalue weighted by Gasteiger charge is -2.13. The predicted molar refractivity (Wildman–Crippen MR) is 54.2 cm³/mol. The first-order valence-electron chi connectivity index (χ1n) is 4.83. The number of ether oxygens (including phenoxy) is 1. The molecule has 1 aromatic carbocycles. The highest BCUT2D eigenvalue weighted by Crippen LogP contribution is 2.37. The van der Waals surface area contributed by atoms with Crippen LogP contribution in [0.5, 0.6) is 5.75 Å². The normalized spacial score (nSPS) is 19.5. The van der Waals surface area contributed by atoms with Gasteiger partial charge in [0.1, 0.15) is 5.75 Å². The zero-order valence-corrected chi connectivity index (χ0v) is 8.29. The number of fused-ring (bicyclic) bond motifs is 1. The molecule has 3 N–H and O–H groups in total. The summed E-state index contributed by atoms with van der Waals surface area (Å²) in [5.41, 5.74) is 9.18. The maximum atomic E-state index is 9.19. The molecule has 0 aromatic heterocycles. The van der Waals surface area contributed by atoms with Gasteiger partial charge in [0.05, 0.1) is 13.7 Å². The maximum Gasteiger partial charge on any atom is 0.122 e. The van der Waals surface area contributed by atoms with Crippen molar-refractivity contribution in [1.29, 1.82) is 0 Å². The van der Waals surface area contributed by atoms with Crippen LogP contribution in [0.1, 0.15) is 29.2 Å². The van der Waals surface area contributed by atoms with E-state index >= 15 is 0 Å². The molecule has 3 heteroatoms. The fraction of sp³-hybridized carbons (Fsp3) is 0.455. The standard InChI is InChI=1S/C11H15NO2/c1-14-10-5-2-7(6-13)11-8(10)3-4-9(11)12/h2,5,9,13H,3-4,6,12H2,1H3/t9-/m0/s1. The lowest BCUT2D eigenvalue weighted by molar-refractivity contribution is 0.280. The first kappa shape index (κ1) is 9.49. The predicted octanol–water partition coefficient (Wildman–Crippen LogP) is 1.13. The van der Waals surface area contributed by atoms with Crippen molar-refractivity contribution in [2.75, 3.05) is 7.11 Å². The number of rotatable bonds is 2. The fourth-order valence-electron chi connectivity index (χ4n) is 2.19. The smallest absolute Gasteiger partial charge is 0.122 e. The van der Waals surface area contributed by atoms with Crippen LogP contribution in [0, 0.1) is 0 Å². The highest BCUT2D eigenvalue weighted by Gasteiger charge is 2.24. The maximum absolute atomic E-state index is 9.19. The van der Waals surface area contributed by atoms with E-state index in [0.29, 0.717) is 0 Å². The van der Waals surface area contributed by atoms with E-state index in [2.05, 4.69) is 0 Å². The molecule has 0 unspecified atom stereocenters. The molecule has 0 saturated heterocycles. The number of aliphatic hydroxyl groups excluding tert-OH is 1. The van der Waals surface area contributed by atoms with Crippen molar-refractivity contribution in [3.8, 4) is 5.75 Å². The molecule has 1 aromatic rings. The van der Waals surface area contributed by atoms with Gasteiger partial charge in [0.2, 0.25) is 0 Å². The van der Waals surface area contributed by atoms with Gasteiger partial charge in [-0.15, -0.1) is 0 Å². The van der Waals surface area contributed by atoms with Crippen LogP contribution >= 0.6 is 0 Å². The minimum atomic E-state index is 0.0556. The summed E-state index contributed by atoms with van der Waals surface area (Å²) < 4.78 is 5.27. The summed E-state index contributed by atoms with van der Waals surface area (Å²) in [6, 6.07) is 3.85. The Morgan fingerprint density at radius 1 is 1.57 bits per heavy atom. The molecule has 0 saturated carbocycles. The molecule has 0 spiro atoms. The van der Waals surface area contributed by atoms with Crippen molar-refractivity contribution in [2.24, 2.45) is 5.73 Å². The monoisotopic (exact) mass is 193 g/mol. The largest absolute Gasteiger partial charge is 0.496 e. The lowest BCUT2D eigenvalue weighted by atomic mass is 10.0. The Bertz CT molecular complexity index is 349. The Balaban J connectivity index is 2.56. The van der Waals surface area contributed by atoms with E-state index in [1.54, 1.807) is 7.11 Å². The third-order valence-corrected chi connectivity index (χ3v) is 2.87. The van der Waals surface area contributed by atoms with Crippen LogP contribution in [0.2, 0.25) is 0 Å². The molecule has 0 bridgehead atoms. The van der Waals surface area contributed by atoms with E-state index in [1.807, 2.05) is 12.1 Å². The molecule has 3 nitrogen and oxygen atoms in total. The van der Waals surface area contributed by atoms with Crippen LogP contribution in [0.4, 0.5) is 0 Å². The third kappa shape index (κ3) is 1.29.